The first kappa shape index (κ1) is 16.9. The Morgan fingerprint density at radius 1 is 1.26 bits per heavy atom. The number of carbonyl (C=O) groups excluding carboxylic acids is 2. The van der Waals surface area contributed by atoms with Crippen molar-refractivity contribution in [3.63, 3.8) is 0 Å². The van der Waals surface area contributed by atoms with Crippen LogP contribution in [0.25, 0.3) is 0 Å². The molecule has 124 valence electrons. The molecule has 1 amide bonds. The van der Waals surface area contributed by atoms with E-state index in [9.17, 15) is 19.7 Å². The molecule has 0 spiro atoms. The van der Waals surface area contributed by atoms with Gasteiger partial charge < -0.3 is 9.64 Å². The Kier molecular flexibility index (Phi) is 5.64. The summed E-state index contributed by atoms with van der Waals surface area (Å²) in [7, 11) is 0. The molecular weight excluding hydrogens is 302 g/mol. The molecule has 2 rings (SSSR count). The van der Waals surface area contributed by atoms with Crippen LogP contribution in [0.1, 0.15) is 17.3 Å². The topological polar surface area (TPSA) is 93.0 Å². The lowest BCUT2D eigenvalue weighted by Crippen LogP contribution is -2.48. The number of nitrogens with zero attached hydrogens (tertiary/aromatic N) is 3. The Morgan fingerprint density at radius 3 is 2.57 bits per heavy atom. The first-order valence-electron chi connectivity index (χ1n) is 7.37. The van der Waals surface area contributed by atoms with Crippen LogP contribution in [0.15, 0.2) is 24.3 Å². The van der Waals surface area contributed by atoms with E-state index in [1.165, 1.54) is 24.3 Å². The van der Waals surface area contributed by atoms with Crippen LogP contribution in [0.3, 0.4) is 0 Å². The average Bonchev–Trinajstić information content (AvgIpc) is 2.55. The molecule has 1 aliphatic rings. The molecule has 1 aliphatic heterocycles. The molecule has 0 bridgehead atoms. The van der Waals surface area contributed by atoms with Gasteiger partial charge in [-0.1, -0.05) is 6.07 Å². The van der Waals surface area contributed by atoms with Crippen molar-refractivity contribution in [1.29, 1.82) is 0 Å². The van der Waals surface area contributed by atoms with Crippen LogP contribution >= 0.6 is 0 Å². The molecule has 1 aromatic rings. The zero-order valence-corrected chi connectivity index (χ0v) is 12.9. The highest BCUT2D eigenvalue weighted by atomic mass is 16.6. The summed E-state index contributed by atoms with van der Waals surface area (Å²) < 4.78 is 5.16. The number of hydrogen-bond donors (Lipinski definition) is 0. The SMILES string of the molecule is CC(=O)N1CCN(CCOC(=O)c2cccc([N+](=O)[O-])c2)CC1. The molecule has 8 nitrogen and oxygen atoms in total. The van der Waals surface area contributed by atoms with Gasteiger partial charge in [-0.05, 0) is 6.07 Å². The van der Waals surface area contributed by atoms with Crippen molar-refractivity contribution < 1.29 is 19.2 Å². The third-order valence-corrected chi connectivity index (χ3v) is 3.75. The van der Waals surface area contributed by atoms with E-state index in [2.05, 4.69) is 4.90 Å². The molecule has 1 aromatic carbocycles. The molecule has 0 radical (unpaired) electrons. The fourth-order valence-electron chi connectivity index (χ4n) is 2.38. The molecule has 0 N–H and O–H groups in total. The second-order valence-corrected chi connectivity index (χ2v) is 5.29. The summed E-state index contributed by atoms with van der Waals surface area (Å²) in [5.41, 5.74) is 0.0282. The van der Waals surface area contributed by atoms with Crippen molar-refractivity contribution in [1.82, 2.24) is 9.80 Å². The minimum atomic E-state index is -0.573. The molecule has 0 unspecified atom stereocenters. The third kappa shape index (κ3) is 4.75. The van der Waals surface area contributed by atoms with Gasteiger partial charge in [-0.3, -0.25) is 19.8 Å². The van der Waals surface area contributed by atoms with Crippen LogP contribution in [-0.4, -0.2) is 65.9 Å². The Hall–Kier alpha value is -2.48. The van der Waals surface area contributed by atoms with Crippen molar-refractivity contribution in [2.24, 2.45) is 0 Å². The quantitative estimate of drug-likeness (QED) is 0.455. The largest absolute Gasteiger partial charge is 0.461 e. The van der Waals surface area contributed by atoms with E-state index in [1.54, 1.807) is 11.8 Å². The van der Waals surface area contributed by atoms with Gasteiger partial charge in [0, 0.05) is 51.8 Å². The van der Waals surface area contributed by atoms with Gasteiger partial charge in [-0.25, -0.2) is 4.79 Å². The lowest BCUT2D eigenvalue weighted by Gasteiger charge is -2.33. The van der Waals surface area contributed by atoms with Crippen molar-refractivity contribution in [2.75, 3.05) is 39.3 Å². The number of piperazine rings is 1. The first-order chi connectivity index (χ1) is 11.0. The number of non-ortho nitro benzene ring substituents is 1. The maximum absolute atomic E-state index is 11.9. The highest BCUT2D eigenvalue weighted by Gasteiger charge is 2.19. The summed E-state index contributed by atoms with van der Waals surface area (Å²) in [6.45, 7) is 5.18. The maximum Gasteiger partial charge on any atom is 0.338 e. The zero-order valence-electron chi connectivity index (χ0n) is 12.9. The maximum atomic E-state index is 11.9. The fourth-order valence-corrected chi connectivity index (χ4v) is 2.38. The number of esters is 1. The van der Waals surface area contributed by atoms with Gasteiger partial charge in [0.2, 0.25) is 5.91 Å². The van der Waals surface area contributed by atoms with E-state index >= 15 is 0 Å². The van der Waals surface area contributed by atoms with Gasteiger partial charge in [-0.2, -0.15) is 0 Å². The van der Waals surface area contributed by atoms with Gasteiger partial charge in [-0.15, -0.1) is 0 Å². The normalized spacial score (nSPS) is 15.3. The highest BCUT2D eigenvalue weighted by molar-refractivity contribution is 5.90. The van der Waals surface area contributed by atoms with Gasteiger partial charge in [0.05, 0.1) is 10.5 Å². The molecule has 0 aromatic heterocycles. The molecule has 23 heavy (non-hydrogen) atoms. The highest BCUT2D eigenvalue weighted by Crippen LogP contribution is 2.14. The van der Waals surface area contributed by atoms with Crippen molar-refractivity contribution >= 4 is 17.6 Å². The number of ether oxygens (including phenoxy) is 1. The van der Waals surface area contributed by atoms with Crippen LogP contribution < -0.4 is 0 Å². The summed E-state index contributed by atoms with van der Waals surface area (Å²) in [5.74, 6) is -0.502. The van der Waals surface area contributed by atoms with Gasteiger partial charge in [0.15, 0.2) is 0 Å². The summed E-state index contributed by atoms with van der Waals surface area (Å²) in [4.78, 5) is 37.2. The molecule has 0 saturated carbocycles. The van der Waals surface area contributed by atoms with Crippen LogP contribution in [-0.2, 0) is 9.53 Å². The number of hydrogen-bond acceptors (Lipinski definition) is 6. The molecule has 1 saturated heterocycles. The van der Waals surface area contributed by atoms with E-state index in [0.29, 0.717) is 19.6 Å². The minimum absolute atomic E-state index is 0.0711. The van der Waals surface area contributed by atoms with Gasteiger partial charge in [0.25, 0.3) is 5.69 Å². The van der Waals surface area contributed by atoms with E-state index in [1.807, 2.05) is 0 Å². The molecule has 1 heterocycles. The molecule has 8 heteroatoms. The summed E-state index contributed by atoms with van der Waals surface area (Å²) in [6, 6.07) is 5.47. The molecule has 1 fully saturated rings. The van der Waals surface area contributed by atoms with Crippen molar-refractivity contribution in [3.8, 4) is 0 Å². The third-order valence-electron chi connectivity index (χ3n) is 3.75. The fraction of sp³-hybridized carbons (Fsp3) is 0.467. The summed E-state index contributed by atoms with van der Waals surface area (Å²) >= 11 is 0. The minimum Gasteiger partial charge on any atom is -0.461 e. The first-order valence-corrected chi connectivity index (χ1v) is 7.37. The zero-order chi connectivity index (χ0) is 16.8. The van der Waals surface area contributed by atoms with Gasteiger partial charge in [0.1, 0.15) is 6.61 Å². The Bertz CT molecular complexity index is 597. The Morgan fingerprint density at radius 2 is 1.96 bits per heavy atom. The van der Waals surface area contributed by atoms with Crippen LogP contribution in [0.2, 0.25) is 0 Å². The van der Waals surface area contributed by atoms with Crippen LogP contribution in [0, 0.1) is 10.1 Å². The lowest BCUT2D eigenvalue weighted by atomic mass is 10.2. The van der Waals surface area contributed by atoms with E-state index in [4.69, 9.17) is 4.74 Å². The number of carbonyl (C=O) groups is 2. The summed E-state index contributed by atoms with van der Waals surface area (Å²) in [6.07, 6.45) is 0. The van der Waals surface area contributed by atoms with Crippen LogP contribution in [0.4, 0.5) is 5.69 Å². The van der Waals surface area contributed by atoms with Crippen LogP contribution in [0.5, 0.6) is 0 Å². The van der Waals surface area contributed by atoms with E-state index in [-0.39, 0.29) is 23.8 Å². The molecule has 0 aliphatic carbocycles. The number of nitro groups is 1. The molecule has 0 atom stereocenters. The lowest BCUT2D eigenvalue weighted by molar-refractivity contribution is -0.384. The predicted octanol–water partition coefficient (Wildman–Crippen LogP) is 0.916. The average molecular weight is 321 g/mol. The Balaban J connectivity index is 1.76. The van der Waals surface area contributed by atoms with E-state index in [0.717, 1.165) is 13.1 Å². The van der Waals surface area contributed by atoms with Crippen molar-refractivity contribution in [3.05, 3.63) is 39.9 Å². The number of rotatable bonds is 5. The number of nitro benzene ring substituents is 1. The summed E-state index contributed by atoms with van der Waals surface area (Å²) in [5, 5.41) is 10.7. The second-order valence-electron chi connectivity index (χ2n) is 5.29. The predicted molar refractivity (Wildman–Crippen MR) is 82.1 cm³/mol. The number of amides is 1. The molecular formula is C15H19N3O5. The Labute approximate surface area is 133 Å². The number of benzene rings is 1. The smallest absolute Gasteiger partial charge is 0.338 e. The standard InChI is InChI=1S/C15H19N3O5/c1-12(19)17-7-5-16(6-8-17)9-10-23-15(20)13-3-2-4-14(11-13)18(21)22/h2-4,11H,5-10H2,1H3. The monoisotopic (exact) mass is 321 g/mol. The second kappa shape index (κ2) is 7.68. The van der Waals surface area contributed by atoms with Gasteiger partial charge >= 0.3 is 5.97 Å². The van der Waals surface area contributed by atoms with E-state index < -0.39 is 10.9 Å². The van der Waals surface area contributed by atoms with Crippen molar-refractivity contribution in [2.45, 2.75) is 6.92 Å².